The van der Waals surface area contributed by atoms with Gasteiger partial charge >= 0.3 is 11.9 Å². The number of ether oxygens (including phenoxy) is 1. The highest BCUT2D eigenvalue weighted by Gasteiger charge is 2.47. The summed E-state index contributed by atoms with van der Waals surface area (Å²) in [5, 5.41) is 3.70. The SMILES string of the molecule is COc1ccc(Cc2c[nH]c([N+]3(c4ccccc4Cl)CCNCC3=O)n2)cc1. The van der Waals surface area contributed by atoms with Crippen LogP contribution in [0.1, 0.15) is 11.3 Å². The van der Waals surface area contributed by atoms with Crippen molar-refractivity contribution in [1.82, 2.24) is 19.8 Å². The molecular weight excluding hydrogens is 376 g/mol. The second kappa shape index (κ2) is 7.75. The highest BCUT2D eigenvalue weighted by Crippen LogP contribution is 2.38. The molecule has 1 fully saturated rings. The number of para-hydroxylation sites is 1. The zero-order valence-electron chi connectivity index (χ0n) is 15.6. The maximum Gasteiger partial charge on any atom is 0.340 e. The highest BCUT2D eigenvalue weighted by molar-refractivity contribution is 6.33. The van der Waals surface area contributed by atoms with Crippen LogP contribution in [-0.4, -0.2) is 42.6 Å². The number of halogens is 1. The largest absolute Gasteiger partial charge is 0.497 e. The maximum atomic E-state index is 13.1. The standard InChI is InChI=1S/C21H22ClN4O2/c1-28-17-8-6-15(7-9-17)12-16-13-24-21(25-16)26(11-10-23-14-20(26)27)19-5-3-2-4-18(19)22/h2-9,13,23H,10-12,14H2,1H3,(H,24,25)/q+1. The molecule has 4 rings (SSSR count). The number of hydrogen-bond donors (Lipinski definition) is 2. The number of carbonyl (C=O) groups excluding carboxylic acids is 1. The molecule has 1 unspecified atom stereocenters. The summed E-state index contributed by atoms with van der Waals surface area (Å²) in [4.78, 5) is 21.1. The van der Waals surface area contributed by atoms with Gasteiger partial charge in [-0.2, -0.15) is 9.47 Å². The van der Waals surface area contributed by atoms with Gasteiger partial charge in [0, 0.05) is 25.2 Å². The monoisotopic (exact) mass is 397 g/mol. The predicted molar refractivity (Wildman–Crippen MR) is 110 cm³/mol. The molecule has 6 nitrogen and oxygen atoms in total. The van der Waals surface area contributed by atoms with Gasteiger partial charge in [0.05, 0.1) is 12.8 Å². The molecule has 1 aromatic heterocycles. The fourth-order valence-corrected chi connectivity index (χ4v) is 3.92. The summed E-state index contributed by atoms with van der Waals surface area (Å²) < 4.78 is 5.20. The maximum absolute atomic E-state index is 13.1. The lowest BCUT2D eigenvalue weighted by molar-refractivity contribution is -0.128. The molecule has 0 aliphatic carbocycles. The number of hydrogen-bond acceptors (Lipinski definition) is 4. The van der Waals surface area contributed by atoms with Crippen molar-refractivity contribution < 1.29 is 9.53 Å². The Kier molecular flexibility index (Phi) is 5.17. The fourth-order valence-electron chi connectivity index (χ4n) is 3.64. The predicted octanol–water partition coefficient (Wildman–Crippen LogP) is 3.43. The molecule has 0 saturated carbocycles. The van der Waals surface area contributed by atoms with Gasteiger partial charge in [-0.15, -0.1) is 0 Å². The normalized spacial score (nSPS) is 19.6. The van der Waals surface area contributed by atoms with Crippen LogP contribution in [0.25, 0.3) is 0 Å². The van der Waals surface area contributed by atoms with Crippen LogP contribution in [0.5, 0.6) is 5.75 Å². The minimum Gasteiger partial charge on any atom is -0.497 e. The fraction of sp³-hybridized carbons (Fsp3) is 0.238. The number of aromatic amines is 1. The summed E-state index contributed by atoms with van der Waals surface area (Å²) in [7, 11) is 1.65. The van der Waals surface area contributed by atoms with Crippen molar-refractivity contribution in [3.8, 4) is 5.75 Å². The number of quaternary nitrogens is 1. The summed E-state index contributed by atoms with van der Waals surface area (Å²) >= 11 is 6.49. The Morgan fingerprint density at radius 3 is 2.68 bits per heavy atom. The van der Waals surface area contributed by atoms with E-state index in [2.05, 4.69) is 10.3 Å². The number of piperazine rings is 1. The lowest BCUT2D eigenvalue weighted by Crippen LogP contribution is -2.61. The van der Waals surface area contributed by atoms with Crippen molar-refractivity contribution in [3.63, 3.8) is 0 Å². The second-order valence-corrected chi connectivity index (χ2v) is 7.20. The van der Waals surface area contributed by atoms with Gasteiger partial charge in [0.15, 0.2) is 5.69 Å². The summed E-state index contributed by atoms with van der Waals surface area (Å²) in [5.41, 5.74) is 2.74. The van der Waals surface area contributed by atoms with E-state index < -0.39 is 0 Å². The van der Waals surface area contributed by atoms with Gasteiger partial charge in [-0.3, -0.25) is 10.3 Å². The summed E-state index contributed by atoms with van der Waals surface area (Å²) in [6.07, 6.45) is 2.53. The van der Waals surface area contributed by atoms with Crippen LogP contribution in [0.2, 0.25) is 5.02 Å². The molecule has 1 atom stereocenters. The molecule has 2 N–H and O–H groups in total. The smallest absolute Gasteiger partial charge is 0.340 e. The number of carbonyl (C=O) groups is 1. The van der Waals surface area contributed by atoms with Crippen LogP contribution in [-0.2, 0) is 11.2 Å². The summed E-state index contributed by atoms with van der Waals surface area (Å²) in [6.45, 7) is 1.53. The van der Waals surface area contributed by atoms with Crippen molar-refractivity contribution in [2.24, 2.45) is 0 Å². The Balaban J connectivity index is 1.70. The Hall–Kier alpha value is -2.67. The summed E-state index contributed by atoms with van der Waals surface area (Å²) in [5.74, 6) is 1.44. The molecule has 2 aromatic carbocycles. The van der Waals surface area contributed by atoms with Gasteiger partial charge in [0.1, 0.15) is 23.9 Å². The number of H-pyrrole nitrogens is 1. The van der Waals surface area contributed by atoms with Crippen LogP contribution in [0.15, 0.2) is 54.7 Å². The van der Waals surface area contributed by atoms with Crippen LogP contribution < -0.4 is 14.5 Å². The zero-order valence-corrected chi connectivity index (χ0v) is 16.4. The Bertz CT molecular complexity index is 986. The van der Waals surface area contributed by atoms with Gasteiger partial charge in [0.2, 0.25) is 0 Å². The third-order valence-electron chi connectivity index (χ3n) is 5.11. The first-order chi connectivity index (χ1) is 13.6. The Morgan fingerprint density at radius 2 is 1.96 bits per heavy atom. The van der Waals surface area contributed by atoms with Crippen molar-refractivity contribution >= 4 is 29.1 Å². The number of nitrogens with one attached hydrogen (secondary N) is 2. The molecular formula is C21H22ClN4O2+. The molecule has 3 aromatic rings. The molecule has 0 bridgehead atoms. The van der Waals surface area contributed by atoms with Crippen LogP contribution in [0, 0.1) is 0 Å². The third-order valence-corrected chi connectivity index (χ3v) is 5.43. The van der Waals surface area contributed by atoms with Gasteiger partial charge in [0.25, 0.3) is 0 Å². The first kappa shape index (κ1) is 18.7. The van der Waals surface area contributed by atoms with Gasteiger partial charge < -0.3 is 4.74 Å². The topological polar surface area (TPSA) is 67.0 Å². The third kappa shape index (κ3) is 3.30. The van der Waals surface area contributed by atoms with Gasteiger partial charge in [-0.25, -0.2) is 4.79 Å². The van der Waals surface area contributed by atoms with Gasteiger partial charge in [-0.1, -0.05) is 35.9 Å². The van der Waals surface area contributed by atoms with E-state index in [1.807, 2.05) is 54.7 Å². The van der Waals surface area contributed by atoms with E-state index in [0.717, 1.165) is 22.7 Å². The zero-order chi connectivity index (χ0) is 19.6. The van der Waals surface area contributed by atoms with Crippen molar-refractivity contribution in [2.45, 2.75) is 6.42 Å². The molecule has 1 saturated heterocycles. The number of nitrogens with zero attached hydrogens (tertiary/aromatic N) is 2. The number of imidazole rings is 1. The molecule has 144 valence electrons. The number of methoxy groups -OCH3 is 1. The quantitative estimate of drug-likeness (QED) is 0.647. The second-order valence-electron chi connectivity index (χ2n) is 6.80. The Morgan fingerprint density at radius 1 is 1.18 bits per heavy atom. The molecule has 1 aliphatic rings. The minimum atomic E-state index is -0.00468. The number of amides is 1. The Labute approximate surface area is 168 Å². The average Bonchev–Trinajstić information content (AvgIpc) is 3.18. The van der Waals surface area contributed by atoms with Gasteiger partial charge in [-0.05, 0) is 23.8 Å². The first-order valence-electron chi connectivity index (χ1n) is 9.18. The molecule has 1 aliphatic heterocycles. The van der Waals surface area contributed by atoms with Crippen LogP contribution >= 0.6 is 11.6 Å². The number of aromatic nitrogens is 2. The highest BCUT2D eigenvalue weighted by atomic mass is 35.5. The van der Waals surface area contributed by atoms with Crippen molar-refractivity contribution in [2.75, 3.05) is 26.7 Å². The van der Waals surface area contributed by atoms with Crippen LogP contribution in [0.3, 0.4) is 0 Å². The first-order valence-corrected chi connectivity index (χ1v) is 9.56. The molecule has 2 heterocycles. The van der Waals surface area contributed by atoms with E-state index in [1.54, 1.807) is 7.11 Å². The minimum absolute atomic E-state index is 0.00468. The lowest BCUT2D eigenvalue weighted by atomic mass is 10.1. The van der Waals surface area contributed by atoms with E-state index in [1.165, 1.54) is 0 Å². The van der Waals surface area contributed by atoms with E-state index in [0.29, 0.717) is 30.5 Å². The molecule has 28 heavy (non-hydrogen) atoms. The van der Waals surface area contributed by atoms with E-state index in [9.17, 15) is 4.79 Å². The average molecular weight is 398 g/mol. The van der Waals surface area contributed by atoms with Crippen LogP contribution in [0.4, 0.5) is 11.6 Å². The molecule has 0 spiro atoms. The molecule has 0 radical (unpaired) electrons. The molecule has 7 heteroatoms. The van der Waals surface area contributed by atoms with E-state index in [4.69, 9.17) is 21.3 Å². The molecule has 1 amide bonds. The van der Waals surface area contributed by atoms with Crippen molar-refractivity contribution in [3.05, 3.63) is 71.0 Å². The van der Waals surface area contributed by atoms with E-state index >= 15 is 0 Å². The number of benzene rings is 2. The lowest BCUT2D eigenvalue weighted by Gasteiger charge is -2.35. The van der Waals surface area contributed by atoms with Crippen molar-refractivity contribution in [1.29, 1.82) is 0 Å². The number of rotatable bonds is 5. The summed E-state index contributed by atoms with van der Waals surface area (Å²) in [6, 6.07) is 15.4. The van der Waals surface area contributed by atoms with E-state index in [-0.39, 0.29) is 16.9 Å².